The van der Waals surface area contributed by atoms with E-state index < -0.39 is 23.3 Å². The van der Waals surface area contributed by atoms with Crippen molar-refractivity contribution in [2.24, 2.45) is 0 Å². The second kappa shape index (κ2) is 7.22. The van der Waals surface area contributed by atoms with Crippen molar-refractivity contribution in [2.45, 2.75) is 6.92 Å². The zero-order chi connectivity index (χ0) is 18.7. The molecular formula is C18H15F2N3O3. The third kappa shape index (κ3) is 3.49. The Balaban J connectivity index is 1.94. The zero-order valence-corrected chi connectivity index (χ0v) is 13.7. The smallest absolute Gasteiger partial charge is 0.362 e. The molecule has 6 nitrogen and oxygen atoms in total. The van der Waals surface area contributed by atoms with Crippen LogP contribution in [0.4, 0.5) is 30.6 Å². The van der Waals surface area contributed by atoms with Gasteiger partial charge in [-0.05, 0) is 31.2 Å². The van der Waals surface area contributed by atoms with E-state index in [1.165, 1.54) is 0 Å². The highest BCUT2D eigenvalue weighted by molar-refractivity contribution is 6.05. The van der Waals surface area contributed by atoms with Crippen molar-refractivity contribution in [3.63, 3.8) is 0 Å². The highest BCUT2D eigenvalue weighted by atomic mass is 19.1. The summed E-state index contributed by atoms with van der Waals surface area (Å²) in [5, 5.41) is 8.23. The molecule has 2 amide bonds. The molecule has 8 heteroatoms. The number of para-hydroxylation sites is 1. The molecule has 0 unspecified atom stereocenters. The van der Waals surface area contributed by atoms with E-state index in [0.717, 1.165) is 12.1 Å². The van der Waals surface area contributed by atoms with Gasteiger partial charge in [0.05, 0.1) is 11.4 Å². The molecule has 0 bridgehead atoms. The van der Waals surface area contributed by atoms with Gasteiger partial charge in [-0.25, -0.2) is 18.4 Å². The predicted octanol–water partition coefficient (Wildman–Crippen LogP) is 4.15. The van der Waals surface area contributed by atoms with E-state index in [9.17, 15) is 18.4 Å². The highest BCUT2D eigenvalue weighted by Crippen LogP contribution is 2.28. The summed E-state index contributed by atoms with van der Waals surface area (Å²) in [5.41, 5.74) is -0.322. The van der Waals surface area contributed by atoms with Crippen LogP contribution in [0, 0.1) is 11.6 Å². The first-order chi connectivity index (χ1) is 12.5. The number of benzene rings is 2. The number of anilines is 3. The fourth-order valence-electron chi connectivity index (χ4n) is 2.48. The third-order valence-corrected chi connectivity index (χ3v) is 3.58. The van der Waals surface area contributed by atoms with Gasteiger partial charge >= 0.3 is 11.7 Å². The number of nitrogens with one attached hydrogen (secondary N) is 3. The Hall–Kier alpha value is -3.42. The Morgan fingerprint density at radius 2 is 1.85 bits per heavy atom. The zero-order valence-electron chi connectivity index (χ0n) is 13.7. The lowest BCUT2D eigenvalue weighted by atomic mass is 10.2. The lowest BCUT2D eigenvalue weighted by molar-refractivity contribution is 0.262. The highest BCUT2D eigenvalue weighted by Gasteiger charge is 2.17. The fourth-order valence-corrected chi connectivity index (χ4v) is 2.48. The summed E-state index contributed by atoms with van der Waals surface area (Å²) in [6.45, 7) is 2.33. The van der Waals surface area contributed by atoms with E-state index in [1.54, 1.807) is 24.3 Å². The number of halogens is 2. The molecule has 0 aliphatic carbocycles. The molecule has 0 fully saturated rings. The number of fused-ring (bicyclic) bond motifs is 1. The van der Waals surface area contributed by atoms with Gasteiger partial charge in [-0.15, -0.1) is 0 Å². The number of hydrogen-bond donors (Lipinski definition) is 3. The molecule has 0 saturated heterocycles. The lowest BCUT2D eigenvalue weighted by Crippen LogP contribution is -2.25. The molecule has 0 atom stereocenters. The number of rotatable bonds is 4. The standard InChI is InChI=1S/C18H15F2N3O3/c1-2-21-15-11-5-3-4-6-14(11)26-17(24)16(15)23-18(25)22-13-8-7-10(19)9-12(13)20/h3-9,21H,2H2,1H3,(H2,22,23,25). The Labute approximate surface area is 146 Å². The van der Waals surface area contributed by atoms with E-state index in [0.29, 0.717) is 29.3 Å². The summed E-state index contributed by atoms with van der Waals surface area (Å²) in [4.78, 5) is 24.4. The van der Waals surface area contributed by atoms with Crippen LogP contribution in [0.3, 0.4) is 0 Å². The van der Waals surface area contributed by atoms with Gasteiger partial charge in [0.25, 0.3) is 0 Å². The molecule has 26 heavy (non-hydrogen) atoms. The molecule has 0 aliphatic rings. The van der Waals surface area contributed by atoms with Gasteiger partial charge in [0.2, 0.25) is 0 Å². The van der Waals surface area contributed by atoms with Crippen LogP contribution in [0.5, 0.6) is 0 Å². The van der Waals surface area contributed by atoms with Gasteiger partial charge in [0.1, 0.15) is 17.2 Å². The first kappa shape index (κ1) is 17.4. The molecule has 0 saturated carbocycles. The van der Waals surface area contributed by atoms with Crippen LogP contribution in [-0.2, 0) is 0 Å². The number of carbonyl (C=O) groups is 1. The maximum atomic E-state index is 13.7. The molecule has 2 aromatic carbocycles. The summed E-state index contributed by atoms with van der Waals surface area (Å²) >= 11 is 0. The molecule has 0 spiro atoms. The molecule has 1 heterocycles. The van der Waals surface area contributed by atoms with E-state index >= 15 is 0 Å². The van der Waals surface area contributed by atoms with Crippen LogP contribution in [0.25, 0.3) is 11.0 Å². The van der Waals surface area contributed by atoms with Crippen molar-refractivity contribution in [3.8, 4) is 0 Å². The van der Waals surface area contributed by atoms with Crippen LogP contribution >= 0.6 is 0 Å². The fraction of sp³-hybridized carbons (Fsp3) is 0.111. The SMILES string of the molecule is CCNc1c(NC(=O)Nc2ccc(F)cc2F)c(=O)oc2ccccc12. The molecular weight excluding hydrogens is 344 g/mol. The molecule has 0 aliphatic heterocycles. The lowest BCUT2D eigenvalue weighted by Gasteiger charge is -2.14. The van der Waals surface area contributed by atoms with Gasteiger partial charge in [-0.2, -0.15) is 0 Å². The molecule has 3 rings (SSSR count). The van der Waals surface area contributed by atoms with Crippen molar-refractivity contribution < 1.29 is 18.0 Å². The van der Waals surface area contributed by atoms with E-state index in [1.807, 2.05) is 6.92 Å². The largest absolute Gasteiger partial charge is 0.421 e. The summed E-state index contributed by atoms with van der Waals surface area (Å²) in [5.74, 6) is -1.70. The van der Waals surface area contributed by atoms with Gasteiger partial charge < -0.3 is 15.1 Å². The van der Waals surface area contributed by atoms with E-state index in [-0.39, 0.29) is 11.4 Å². The summed E-state index contributed by atoms with van der Waals surface area (Å²) in [6.07, 6.45) is 0. The third-order valence-electron chi connectivity index (χ3n) is 3.58. The second-order valence-corrected chi connectivity index (χ2v) is 5.37. The molecule has 3 aromatic rings. The number of amides is 2. The summed E-state index contributed by atoms with van der Waals surface area (Å²) in [6, 6.07) is 8.72. The maximum absolute atomic E-state index is 13.7. The van der Waals surface area contributed by atoms with Crippen LogP contribution in [0.1, 0.15) is 6.92 Å². The van der Waals surface area contributed by atoms with Gasteiger partial charge in [-0.3, -0.25) is 5.32 Å². The average Bonchev–Trinajstić information content (AvgIpc) is 2.60. The summed E-state index contributed by atoms with van der Waals surface area (Å²) < 4.78 is 31.8. The summed E-state index contributed by atoms with van der Waals surface area (Å²) in [7, 11) is 0. The van der Waals surface area contributed by atoms with Gasteiger partial charge in [0, 0.05) is 18.0 Å². The minimum absolute atomic E-state index is 0.106. The Kier molecular flexibility index (Phi) is 4.83. The van der Waals surface area contributed by atoms with Crippen LogP contribution in [0.15, 0.2) is 51.7 Å². The van der Waals surface area contributed by atoms with Crippen molar-refractivity contribution in [3.05, 3.63) is 64.5 Å². The van der Waals surface area contributed by atoms with Gasteiger partial charge in [-0.1, -0.05) is 12.1 Å². The first-order valence-electron chi connectivity index (χ1n) is 7.82. The first-order valence-corrected chi connectivity index (χ1v) is 7.82. The van der Waals surface area contributed by atoms with Crippen LogP contribution in [0.2, 0.25) is 0 Å². The monoisotopic (exact) mass is 359 g/mol. The maximum Gasteiger partial charge on any atom is 0.362 e. The molecule has 134 valence electrons. The minimum atomic E-state index is -0.933. The number of urea groups is 1. The quantitative estimate of drug-likeness (QED) is 0.611. The van der Waals surface area contributed by atoms with Crippen LogP contribution in [-0.4, -0.2) is 12.6 Å². The van der Waals surface area contributed by atoms with Crippen molar-refractivity contribution >= 4 is 34.1 Å². The molecule has 3 N–H and O–H groups in total. The van der Waals surface area contributed by atoms with Crippen LogP contribution < -0.4 is 21.6 Å². The minimum Gasteiger partial charge on any atom is -0.421 e. The van der Waals surface area contributed by atoms with E-state index in [2.05, 4.69) is 16.0 Å². The Bertz CT molecular complexity index is 1030. The normalized spacial score (nSPS) is 10.6. The van der Waals surface area contributed by atoms with Crippen molar-refractivity contribution in [2.75, 3.05) is 22.5 Å². The Morgan fingerprint density at radius 3 is 2.58 bits per heavy atom. The molecule has 1 aromatic heterocycles. The Morgan fingerprint density at radius 1 is 1.08 bits per heavy atom. The van der Waals surface area contributed by atoms with Crippen molar-refractivity contribution in [1.82, 2.24) is 0 Å². The predicted molar refractivity (Wildman–Crippen MR) is 95.6 cm³/mol. The van der Waals surface area contributed by atoms with E-state index in [4.69, 9.17) is 4.42 Å². The second-order valence-electron chi connectivity index (χ2n) is 5.37. The van der Waals surface area contributed by atoms with Gasteiger partial charge in [0.15, 0.2) is 5.69 Å². The number of carbonyl (C=O) groups excluding carboxylic acids is 1. The topological polar surface area (TPSA) is 83.4 Å². The average molecular weight is 359 g/mol. The molecule has 0 radical (unpaired) electrons. The number of hydrogen-bond acceptors (Lipinski definition) is 4. The van der Waals surface area contributed by atoms with Crippen molar-refractivity contribution in [1.29, 1.82) is 0 Å².